The Balaban J connectivity index is 1.53. The number of hydrogen-bond donors (Lipinski definition) is 0. The molecule has 1 amide bonds. The monoisotopic (exact) mass is 473 g/mol. The number of ether oxygens (including phenoxy) is 1. The van der Waals surface area contributed by atoms with Crippen molar-refractivity contribution in [2.75, 3.05) is 0 Å². The molecule has 2 atom stereocenters. The van der Waals surface area contributed by atoms with Gasteiger partial charge in [-0.1, -0.05) is 41.9 Å². The van der Waals surface area contributed by atoms with Gasteiger partial charge in [0.1, 0.15) is 17.8 Å². The molecule has 0 N–H and O–H groups in total. The molecule has 0 unspecified atom stereocenters. The quantitative estimate of drug-likeness (QED) is 0.206. The van der Waals surface area contributed by atoms with E-state index in [1.807, 2.05) is 44.2 Å². The number of esters is 1. The van der Waals surface area contributed by atoms with E-state index in [9.17, 15) is 19.7 Å². The Labute approximate surface area is 193 Å². The topological polar surface area (TPSA) is 102 Å². The zero-order valence-electron chi connectivity index (χ0n) is 17.4. The number of halogens is 1. The highest BCUT2D eigenvalue weighted by molar-refractivity contribution is 8.02. The van der Waals surface area contributed by atoms with Gasteiger partial charge in [0.2, 0.25) is 5.91 Å². The first kappa shape index (κ1) is 22.3. The van der Waals surface area contributed by atoms with Crippen LogP contribution in [0.3, 0.4) is 0 Å². The highest BCUT2D eigenvalue weighted by atomic mass is 35.5. The maximum Gasteiger partial charge on any atom is 0.330 e. The molecule has 0 spiro atoms. The highest BCUT2D eigenvalue weighted by Crippen LogP contribution is 2.59. The van der Waals surface area contributed by atoms with Gasteiger partial charge in [-0.3, -0.25) is 19.8 Å². The van der Waals surface area contributed by atoms with Gasteiger partial charge in [-0.2, -0.15) is 0 Å². The van der Waals surface area contributed by atoms with E-state index in [1.54, 1.807) is 0 Å². The van der Waals surface area contributed by atoms with E-state index < -0.39 is 26.7 Å². The lowest BCUT2D eigenvalue weighted by Crippen LogP contribution is -2.63. The summed E-state index contributed by atoms with van der Waals surface area (Å²) in [5.41, 5.74) is 1.29. The third-order valence-electron chi connectivity index (χ3n) is 5.41. The van der Waals surface area contributed by atoms with E-state index in [2.05, 4.69) is 4.99 Å². The van der Waals surface area contributed by atoms with Crippen molar-refractivity contribution < 1.29 is 19.2 Å². The lowest BCUT2D eigenvalue weighted by Gasteiger charge is -2.44. The Morgan fingerprint density at radius 1 is 1.25 bits per heavy atom. The number of fused-ring (bicyclic) bond motifs is 1. The maximum absolute atomic E-state index is 13.0. The summed E-state index contributed by atoms with van der Waals surface area (Å²) in [4.78, 5) is 41.0. The zero-order chi connectivity index (χ0) is 23.1. The number of β-lactam (4-membered cyclic amide) rings is 1. The summed E-state index contributed by atoms with van der Waals surface area (Å²) in [5.74, 6) is -0.747. The molecule has 10 heteroatoms. The predicted molar refractivity (Wildman–Crippen MR) is 121 cm³/mol. The van der Waals surface area contributed by atoms with Gasteiger partial charge in [-0.15, -0.1) is 11.8 Å². The number of nitro benzene ring substituents is 1. The van der Waals surface area contributed by atoms with Crippen molar-refractivity contribution in [1.29, 1.82) is 0 Å². The molecule has 0 aliphatic carbocycles. The number of aliphatic imine (C=N–C) groups is 1. The number of benzene rings is 2. The van der Waals surface area contributed by atoms with Gasteiger partial charge in [-0.25, -0.2) is 9.79 Å². The number of carbonyl (C=O) groups excluding carboxylic acids is 2. The largest absolute Gasteiger partial charge is 0.459 e. The van der Waals surface area contributed by atoms with Crippen molar-refractivity contribution in [3.63, 3.8) is 0 Å². The Kier molecular flexibility index (Phi) is 5.72. The van der Waals surface area contributed by atoms with Crippen LogP contribution in [0.25, 0.3) is 0 Å². The lowest BCUT2D eigenvalue weighted by atomic mass is 9.96. The molecule has 0 bridgehead atoms. The van der Waals surface area contributed by atoms with Crippen LogP contribution in [0, 0.1) is 10.1 Å². The summed E-state index contributed by atoms with van der Waals surface area (Å²) in [5, 5.41) is 11.1. The van der Waals surface area contributed by atoms with Gasteiger partial charge in [0.15, 0.2) is 4.99 Å². The average molecular weight is 474 g/mol. The van der Waals surface area contributed by atoms with Crippen LogP contribution in [-0.4, -0.2) is 42.7 Å². The molecule has 0 aromatic heterocycles. The number of nitrogens with zero attached hydrogens (tertiary/aromatic N) is 3. The van der Waals surface area contributed by atoms with Gasteiger partial charge in [0.05, 0.1) is 11.3 Å². The summed E-state index contributed by atoms with van der Waals surface area (Å²) in [6, 6.07) is 14.1. The van der Waals surface area contributed by atoms with Crippen LogP contribution in [0.2, 0.25) is 0 Å². The third-order valence-corrected chi connectivity index (χ3v) is 7.22. The molecule has 0 radical (unpaired) electrons. The number of nitro groups is 1. The fourth-order valence-corrected chi connectivity index (χ4v) is 6.05. The van der Waals surface area contributed by atoms with E-state index in [0.29, 0.717) is 5.56 Å². The number of amides is 1. The van der Waals surface area contributed by atoms with Crippen LogP contribution in [0.4, 0.5) is 5.69 Å². The van der Waals surface area contributed by atoms with Crippen molar-refractivity contribution >= 4 is 46.1 Å². The molecule has 0 saturated carbocycles. The normalized spacial score (nSPS) is 24.0. The van der Waals surface area contributed by atoms with E-state index in [1.165, 1.54) is 40.9 Å². The molecule has 32 heavy (non-hydrogen) atoms. The lowest BCUT2D eigenvalue weighted by molar-refractivity contribution is -0.384. The van der Waals surface area contributed by atoms with Gasteiger partial charge in [-0.05, 0) is 31.5 Å². The minimum atomic E-state index is -0.954. The van der Waals surface area contributed by atoms with Gasteiger partial charge in [0, 0.05) is 22.4 Å². The SMILES string of the molecule is CC1(C)S[C@]2(N=C(Cl)c3ccccc3)CC(=O)N2[C@H]1C(=O)OCc1ccc([N+](=O)[O-])cc1. The minimum Gasteiger partial charge on any atom is -0.459 e. The summed E-state index contributed by atoms with van der Waals surface area (Å²) in [6.45, 7) is 3.68. The molecule has 4 rings (SSSR count). The molecule has 8 nitrogen and oxygen atoms in total. The van der Waals surface area contributed by atoms with Crippen LogP contribution in [0.1, 0.15) is 31.4 Å². The molecule has 2 heterocycles. The molecule has 2 aromatic rings. The second-order valence-electron chi connectivity index (χ2n) is 8.09. The van der Waals surface area contributed by atoms with E-state index in [0.717, 1.165) is 5.56 Å². The molecular formula is C22H20ClN3O5S. The fraction of sp³-hybridized carbons (Fsp3) is 0.318. The Morgan fingerprint density at radius 2 is 1.91 bits per heavy atom. The zero-order valence-corrected chi connectivity index (χ0v) is 18.9. The number of rotatable bonds is 6. The van der Waals surface area contributed by atoms with Crippen LogP contribution >= 0.6 is 23.4 Å². The van der Waals surface area contributed by atoms with Crippen LogP contribution in [0.5, 0.6) is 0 Å². The summed E-state index contributed by atoms with van der Waals surface area (Å²) in [7, 11) is 0. The molecule has 166 valence electrons. The number of non-ortho nitro benzene ring substituents is 1. The summed E-state index contributed by atoms with van der Waals surface area (Å²) >= 11 is 7.87. The van der Waals surface area contributed by atoms with E-state index in [4.69, 9.17) is 16.3 Å². The highest BCUT2D eigenvalue weighted by Gasteiger charge is 2.68. The van der Waals surface area contributed by atoms with Gasteiger partial charge in [0.25, 0.3) is 5.69 Å². The summed E-state index contributed by atoms with van der Waals surface area (Å²) in [6.07, 6.45) is 0.149. The van der Waals surface area contributed by atoms with Crippen molar-refractivity contribution in [1.82, 2.24) is 4.90 Å². The van der Waals surface area contributed by atoms with Crippen LogP contribution < -0.4 is 0 Å². The van der Waals surface area contributed by atoms with Crippen LogP contribution in [0.15, 0.2) is 59.6 Å². The average Bonchev–Trinajstić information content (AvgIpc) is 2.94. The second kappa shape index (κ2) is 8.22. The maximum atomic E-state index is 13.0. The minimum absolute atomic E-state index is 0.0440. The van der Waals surface area contributed by atoms with Crippen molar-refractivity contribution in [3.05, 3.63) is 75.8 Å². The molecule has 2 fully saturated rings. The van der Waals surface area contributed by atoms with Crippen LogP contribution in [-0.2, 0) is 20.9 Å². The van der Waals surface area contributed by atoms with E-state index >= 15 is 0 Å². The standard InChI is InChI=1S/C22H20ClN3O5S/c1-21(2)18(20(28)31-13-14-8-10-16(11-9-14)26(29)30)25-17(27)12-22(25,32-21)24-19(23)15-6-4-3-5-7-15/h3-11,18H,12-13H2,1-2H3/t18-,22-/m0/s1. The Morgan fingerprint density at radius 3 is 2.50 bits per heavy atom. The number of carbonyl (C=O) groups is 2. The first-order valence-corrected chi connectivity index (χ1v) is 11.1. The first-order chi connectivity index (χ1) is 15.1. The van der Waals surface area contributed by atoms with Crippen molar-refractivity contribution in [2.45, 2.75) is 42.7 Å². The predicted octanol–water partition coefficient (Wildman–Crippen LogP) is 4.10. The Bertz CT molecular complexity index is 1110. The molecular weight excluding hydrogens is 454 g/mol. The smallest absolute Gasteiger partial charge is 0.330 e. The van der Waals surface area contributed by atoms with E-state index in [-0.39, 0.29) is 29.8 Å². The molecule has 2 aliphatic heterocycles. The van der Waals surface area contributed by atoms with Gasteiger partial charge >= 0.3 is 5.97 Å². The second-order valence-corrected chi connectivity index (χ2v) is 10.4. The van der Waals surface area contributed by atoms with Gasteiger partial charge < -0.3 is 4.74 Å². The fourth-order valence-electron chi connectivity index (χ4n) is 3.94. The number of hydrogen-bond acceptors (Lipinski definition) is 7. The first-order valence-electron chi connectivity index (χ1n) is 9.86. The Hall–Kier alpha value is -2.91. The molecule has 2 aromatic carbocycles. The molecule has 2 aliphatic rings. The summed E-state index contributed by atoms with van der Waals surface area (Å²) < 4.78 is 4.83. The molecule has 2 saturated heterocycles. The van der Waals surface area contributed by atoms with Crippen molar-refractivity contribution in [2.24, 2.45) is 4.99 Å². The number of thioether (sulfide) groups is 1. The van der Waals surface area contributed by atoms with Crippen molar-refractivity contribution in [3.8, 4) is 0 Å². The third kappa shape index (κ3) is 3.98.